The number of esters is 1. The van der Waals surface area contributed by atoms with Crippen LogP contribution < -0.4 is 0 Å². The molecule has 31 heavy (non-hydrogen) atoms. The molecule has 4 aliphatic rings. The van der Waals surface area contributed by atoms with Crippen molar-refractivity contribution in [1.29, 1.82) is 0 Å². The Kier molecular flexibility index (Phi) is 5.07. The lowest BCUT2D eigenvalue weighted by Crippen LogP contribution is -2.54. The summed E-state index contributed by atoms with van der Waals surface area (Å²) < 4.78 is 10.6. The van der Waals surface area contributed by atoms with Crippen LogP contribution in [0.3, 0.4) is 0 Å². The molecule has 1 saturated heterocycles. The lowest BCUT2D eigenvalue weighted by Gasteiger charge is -2.52. The van der Waals surface area contributed by atoms with Crippen LogP contribution in [0.1, 0.15) is 63.2 Å². The van der Waals surface area contributed by atoms with Gasteiger partial charge in [-0.2, -0.15) is 4.98 Å². The molecule has 0 radical (unpaired) electrons. The highest BCUT2D eigenvalue weighted by Crippen LogP contribution is 2.58. The lowest BCUT2D eigenvalue weighted by atomic mass is 9.53. The van der Waals surface area contributed by atoms with Crippen molar-refractivity contribution in [3.8, 4) is 11.4 Å². The van der Waals surface area contributed by atoms with Crippen molar-refractivity contribution in [1.82, 2.24) is 15.0 Å². The summed E-state index contributed by atoms with van der Waals surface area (Å²) in [5.41, 5.74) is 0.313. The van der Waals surface area contributed by atoms with Crippen molar-refractivity contribution >= 4 is 11.9 Å². The minimum absolute atomic E-state index is 0.0940. The van der Waals surface area contributed by atoms with E-state index in [2.05, 4.69) is 10.1 Å². The van der Waals surface area contributed by atoms with Crippen molar-refractivity contribution in [3.05, 3.63) is 36.2 Å². The molecule has 1 aromatic heterocycles. The number of carbonyl (C=O) groups is 2. The topological polar surface area (TPSA) is 85.5 Å². The zero-order valence-corrected chi connectivity index (χ0v) is 18.0. The Balaban J connectivity index is 1.20. The zero-order chi connectivity index (χ0) is 21.5. The number of likely N-dealkylation sites (tertiary alicyclic amines) is 1. The molecule has 0 unspecified atom stereocenters. The summed E-state index contributed by atoms with van der Waals surface area (Å²) >= 11 is 0. The molecule has 164 valence electrons. The number of amides is 1. The number of hydrogen-bond donors (Lipinski definition) is 0. The van der Waals surface area contributed by atoms with Crippen LogP contribution >= 0.6 is 0 Å². The monoisotopic (exact) mass is 423 g/mol. The number of ether oxygens (including phenoxy) is 1. The second-order valence-corrected chi connectivity index (χ2v) is 9.44. The van der Waals surface area contributed by atoms with Gasteiger partial charge in [0.2, 0.25) is 17.6 Å². The van der Waals surface area contributed by atoms with Crippen LogP contribution in [0.25, 0.3) is 11.4 Å². The normalized spacial score (nSPS) is 28.5. The van der Waals surface area contributed by atoms with Gasteiger partial charge in [0.05, 0.1) is 12.5 Å². The predicted molar refractivity (Wildman–Crippen MR) is 113 cm³/mol. The quantitative estimate of drug-likeness (QED) is 0.692. The van der Waals surface area contributed by atoms with Crippen LogP contribution in [0.2, 0.25) is 0 Å². The molecule has 2 aromatic rings. The SMILES string of the molecule is COC(=O)C12CCC(C(=O)N3CCC(c4nc(-c5ccccc5)no4)CC3)(CC1)CC2. The third-order valence-corrected chi connectivity index (χ3v) is 7.92. The first-order chi connectivity index (χ1) is 15.1. The van der Waals surface area contributed by atoms with Gasteiger partial charge in [0, 0.05) is 30.0 Å². The van der Waals surface area contributed by atoms with Crippen molar-refractivity contribution in [2.45, 2.75) is 57.3 Å². The van der Waals surface area contributed by atoms with E-state index in [0.29, 0.717) is 11.7 Å². The van der Waals surface area contributed by atoms with E-state index in [4.69, 9.17) is 9.26 Å². The van der Waals surface area contributed by atoms with E-state index in [-0.39, 0.29) is 28.6 Å². The van der Waals surface area contributed by atoms with Gasteiger partial charge in [0.1, 0.15) is 0 Å². The van der Waals surface area contributed by atoms with Gasteiger partial charge < -0.3 is 14.2 Å². The van der Waals surface area contributed by atoms with Crippen LogP contribution in [0.4, 0.5) is 0 Å². The van der Waals surface area contributed by atoms with E-state index in [0.717, 1.165) is 70.0 Å². The molecular formula is C24H29N3O4. The highest BCUT2D eigenvalue weighted by molar-refractivity contribution is 5.85. The van der Waals surface area contributed by atoms with Crippen molar-refractivity contribution in [3.63, 3.8) is 0 Å². The molecule has 1 aliphatic heterocycles. The van der Waals surface area contributed by atoms with Crippen LogP contribution in [-0.2, 0) is 14.3 Å². The molecule has 6 rings (SSSR count). The Labute approximate surface area is 182 Å². The smallest absolute Gasteiger partial charge is 0.311 e. The summed E-state index contributed by atoms with van der Waals surface area (Å²) in [5, 5.41) is 4.14. The molecule has 1 aromatic carbocycles. The van der Waals surface area contributed by atoms with Gasteiger partial charge in [0.25, 0.3) is 0 Å². The largest absolute Gasteiger partial charge is 0.469 e. The van der Waals surface area contributed by atoms with E-state index in [9.17, 15) is 9.59 Å². The average Bonchev–Trinajstić information content (AvgIpc) is 3.35. The molecule has 3 aliphatic carbocycles. The van der Waals surface area contributed by atoms with Crippen LogP contribution in [0.15, 0.2) is 34.9 Å². The zero-order valence-electron chi connectivity index (χ0n) is 18.0. The maximum atomic E-state index is 13.5. The highest BCUT2D eigenvalue weighted by atomic mass is 16.5. The van der Waals surface area contributed by atoms with Crippen LogP contribution in [0.5, 0.6) is 0 Å². The van der Waals surface area contributed by atoms with Crippen LogP contribution in [0, 0.1) is 10.8 Å². The number of benzene rings is 1. The predicted octanol–water partition coefficient (Wildman–Crippen LogP) is 3.96. The molecule has 7 nitrogen and oxygen atoms in total. The number of aromatic nitrogens is 2. The molecule has 0 atom stereocenters. The Hall–Kier alpha value is -2.70. The number of fused-ring (bicyclic) bond motifs is 3. The van der Waals surface area contributed by atoms with E-state index < -0.39 is 0 Å². The Bertz CT molecular complexity index is 938. The molecular weight excluding hydrogens is 394 g/mol. The first-order valence-corrected chi connectivity index (χ1v) is 11.3. The van der Waals surface area contributed by atoms with E-state index in [1.807, 2.05) is 35.2 Å². The fourth-order valence-corrected chi connectivity index (χ4v) is 5.80. The van der Waals surface area contributed by atoms with Gasteiger partial charge in [-0.3, -0.25) is 9.59 Å². The molecule has 3 saturated carbocycles. The summed E-state index contributed by atoms with van der Waals surface area (Å²) in [4.78, 5) is 32.3. The first kappa shape index (κ1) is 20.2. The molecule has 0 spiro atoms. The minimum atomic E-state index is -0.349. The minimum Gasteiger partial charge on any atom is -0.469 e. The van der Waals surface area contributed by atoms with Gasteiger partial charge in [-0.25, -0.2) is 0 Å². The fourth-order valence-electron chi connectivity index (χ4n) is 5.80. The van der Waals surface area contributed by atoms with E-state index in [1.165, 1.54) is 7.11 Å². The Morgan fingerprint density at radius 1 is 1.00 bits per heavy atom. The number of carbonyl (C=O) groups excluding carboxylic acids is 2. The first-order valence-electron chi connectivity index (χ1n) is 11.3. The second-order valence-electron chi connectivity index (χ2n) is 9.44. The number of methoxy groups -OCH3 is 1. The summed E-state index contributed by atoms with van der Waals surface area (Å²) in [6, 6.07) is 9.82. The lowest BCUT2D eigenvalue weighted by molar-refractivity contribution is -0.170. The number of rotatable bonds is 4. The Morgan fingerprint density at radius 2 is 1.61 bits per heavy atom. The summed E-state index contributed by atoms with van der Waals surface area (Å²) in [7, 11) is 1.47. The molecule has 7 heteroatoms. The molecule has 0 N–H and O–H groups in total. The van der Waals surface area contributed by atoms with E-state index >= 15 is 0 Å². The summed E-state index contributed by atoms with van der Waals surface area (Å²) in [5.74, 6) is 1.66. The van der Waals surface area contributed by atoms with E-state index in [1.54, 1.807) is 0 Å². The standard InChI is InChI=1S/C24H29N3O4/c1-30-22(29)24-12-9-23(10-13-24,11-14-24)21(28)27-15-7-18(8-16-27)20-25-19(26-31-20)17-5-3-2-4-6-17/h2-6,18H,7-16H2,1H3. The van der Waals surface area contributed by atoms with Gasteiger partial charge in [-0.15, -0.1) is 0 Å². The highest BCUT2D eigenvalue weighted by Gasteiger charge is 2.57. The summed E-state index contributed by atoms with van der Waals surface area (Å²) in [6.45, 7) is 1.44. The number of hydrogen-bond acceptors (Lipinski definition) is 6. The molecule has 1 amide bonds. The van der Waals surface area contributed by atoms with Gasteiger partial charge in [-0.05, 0) is 51.4 Å². The second kappa shape index (κ2) is 7.77. The average molecular weight is 424 g/mol. The summed E-state index contributed by atoms with van der Waals surface area (Å²) in [6.07, 6.45) is 6.37. The fraction of sp³-hybridized carbons (Fsp3) is 0.583. The third-order valence-electron chi connectivity index (χ3n) is 7.92. The Morgan fingerprint density at radius 3 is 2.23 bits per heavy atom. The van der Waals surface area contributed by atoms with Crippen LogP contribution in [-0.4, -0.2) is 47.1 Å². The maximum Gasteiger partial charge on any atom is 0.311 e. The van der Waals surface area contributed by atoms with Gasteiger partial charge >= 0.3 is 5.97 Å². The van der Waals surface area contributed by atoms with Crippen molar-refractivity contribution in [2.75, 3.05) is 20.2 Å². The third kappa shape index (κ3) is 3.44. The van der Waals surface area contributed by atoms with Crippen molar-refractivity contribution in [2.24, 2.45) is 10.8 Å². The number of nitrogens with zero attached hydrogens (tertiary/aromatic N) is 3. The molecule has 2 heterocycles. The number of piperidine rings is 1. The van der Waals surface area contributed by atoms with Gasteiger partial charge in [-0.1, -0.05) is 35.5 Å². The molecule has 2 bridgehead atoms. The van der Waals surface area contributed by atoms with Gasteiger partial charge in [0.15, 0.2) is 0 Å². The maximum absolute atomic E-state index is 13.5. The van der Waals surface area contributed by atoms with Crippen molar-refractivity contribution < 1.29 is 18.8 Å². The molecule has 4 fully saturated rings.